The van der Waals surface area contributed by atoms with E-state index in [0.29, 0.717) is 0 Å². The van der Waals surface area contributed by atoms with E-state index in [-0.39, 0.29) is 0 Å². The number of benzene rings is 2. The van der Waals surface area contributed by atoms with Crippen LogP contribution in [0.25, 0.3) is 20.8 Å². The molecule has 2 radical (unpaired) electrons. The van der Waals surface area contributed by atoms with Gasteiger partial charge in [0, 0.05) is 5.56 Å². The molecule has 74 valence electrons. The Balaban J connectivity index is 2.15. The normalized spacial score (nSPS) is 10.8. The van der Waals surface area contributed by atoms with Crippen LogP contribution in [-0.4, -0.2) is 12.8 Å². The molecule has 0 unspecified atom stereocenters. The van der Waals surface area contributed by atoms with Crippen molar-refractivity contribution in [3.05, 3.63) is 48.5 Å². The van der Waals surface area contributed by atoms with Gasteiger partial charge in [0.2, 0.25) is 0 Å². The van der Waals surface area contributed by atoms with Crippen LogP contribution in [-0.2, 0) is 0 Å². The number of hydrogen-bond acceptors (Lipinski definition) is 2. The minimum Gasteiger partial charge on any atom is -0.236 e. The lowest BCUT2D eigenvalue weighted by atomic mass is 9.95. The zero-order chi connectivity index (χ0) is 11.0. The van der Waals surface area contributed by atoms with Crippen LogP contribution in [0.1, 0.15) is 0 Å². The first-order valence-corrected chi connectivity index (χ1v) is 5.86. The highest BCUT2D eigenvalue weighted by Crippen LogP contribution is 2.29. The van der Waals surface area contributed by atoms with E-state index in [9.17, 15) is 0 Å². The molecule has 0 bridgehead atoms. The van der Waals surface area contributed by atoms with Gasteiger partial charge in [-0.2, -0.15) is 0 Å². The molecule has 16 heavy (non-hydrogen) atoms. The molecule has 3 heteroatoms. The van der Waals surface area contributed by atoms with Gasteiger partial charge in [-0.1, -0.05) is 41.9 Å². The largest absolute Gasteiger partial charge is 0.236 e. The van der Waals surface area contributed by atoms with Crippen molar-refractivity contribution in [1.29, 1.82) is 0 Å². The Morgan fingerprint density at radius 2 is 1.69 bits per heavy atom. The van der Waals surface area contributed by atoms with Gasteiger partial charge in [0.05, 0.1) is 10.2 Å². The van der Waals surface area contributed by atoms with Gasteiger partial charge in [-0.3, -0.25) is 0 Å². The minimum atomic E-state index is 0.782. The minimum absolute atomic E-state index is 0.782. The molecule has 2 aromatic carbocycles. The Morgan fingerprint density at radius 3 is 2.44 bits per heavy atom. The van der Waals surface area contributed by atoms with Crippen molar-refractivity contribution in [3.8, 4) is 10.6 Å². The molecule has 3 aromatic rings. The zero-order valence-electron chi connectivity index (χ0n) is 8.55. The fourth-order valence-electron chi connectivity index (χ4n) is 1.62. The third kappa shape index (κ3) is 1.63. The molecule has 0 aliphatic heterocycles. The molecule has 0 aliphatic rings. The summed E-state index contributed by atoms with van der Waals surface area (Å²) in [5, 5.41) is 1.04. The summed E-state index contributed by atoms with van der Waals surface area (Å²) in [5.41, 5.74) is 2.96. The van der Waals surface area contributed by atoms with Crippen molar-refractivity contribution in [2.75, 3.05) is 0 Å². The van der Waals surface area contributed by atoms with Crippen molar-refractivity contribution in [2.24, 2.45) is 0 Å². The van der Waals surface area contributed by atoms with Gasteiger partial charge in [-0.15, -0.1) is 11.3 Å². The maximum atomic E-state index is 5.66. The summed E-state index contributed by atoms with van der Waals surface area (Å²) in [5.74, 6) is 0. The maximum absolute atomic E-state index is 5.66. The SMILES string of the molecule is [B]c1ccc(-c2nc3ccccc3s2)cc1. The van der Waals surface area contributed by atoms with Gasteiger partial charge in [0.25, 0.3) is 0 Å². The average molecular weight is 221 g/mol. The fraction of sp³-hybridized carbons (Fsp3) is 0. The lowest BCUT2D eigenvalue weighted by Gasteiger charge is -1.96. The number of fused-ring (bicyclic) bond motifs is 1. The summed E-state index contributed by atoms with van der Waals surface area (Å²) in [6.07, 6.45) is 0. The molecule has 0 aliphatic carbocycles. The summed E-state index contributed by atoms with van der Waals surface area (Å²) in [4.78, 5) is 4.59. The zero-order valence-corrected chi connectivity index (χ0v) is 9.37. The summed E-state index contributed by atoms with van der Waals surface area (Å²) in [7, 11) is 5.66. The van der Waals surface area contributed by atoms with E-state index in [4.69, 9.17) is 7.85 Å². The third-order valence-corrected chi connectivity index (χ3v) is 3.54. The first kappa shape index (κ1) is 9.61. The van der Waals surface area contributed by atoms with Crippen LogP contribution in [0.15, 0.2) is 48.5 Å². The molecule has 3 rings (SSSR count). The van der Waals surface area contributed by atoms with Crippen LogP contribution in [0.3, 0.4) is 0 Å². The second kappa shape index (κ2) is 3.76. The van der Waals surface area contributed by atoms with Gasteiger partial charge < -0.3 is 0 Å². The predicted molar refractivity (Wildman–Crippen MR) is 70.4 cm³/mol. The van der Waals surface area contributed by atoms with Crippen molar-refractivity contribution in [1.82, 2.24) is 4.98 Å². The van der Waals surface area contributed by atoms with E-state index in [1.165, 1.54) is 4.70 Å². The van der Waals surface area contributed by atoms with Crippen LogP contribution >= 0.6 is 11.3 Å². The van der Waals surface area contributed by atoms with Crippen LogP contribution in [0.2, 0.25) is 0 Å². The molecule has 0 fully saturated rings. The molecular formula is C13H8BNS. The second-order valence-corrected chi connectivity index (χ2v) is 4.64. The van der Waals surface area contributed by atoms with E-state index in [1.54, 1.807) is 11.3 Å². The van der Waals surface area contributed by atoms with Crippen molar-refractivity contribution in [2.45, 2.75) is 0 Å². The van der Waals surface area contributed by atoms with Gasteiger partial charge in [-0.25, -0.2) is 4.98 Å². The van der Waals surface area contributed by atoms with E-state index in [1.807, 2.05) is 42.5 Å². The molecule has 1 aromatic heterocycles. The van der Waals surface area contributed by atoms with E-state index in [2.05, 4.69) is 11.1 Å². The molecule has 1 nitrogen and oxygen atoms in total. The Hall–Kier alpha value is -1.61. The van der Waals surface area contributed by atoms with Crippen LogP contribution in [0, 0.1) is 0 Å². The molecule has 0 atom stereocenters. The van der Waals surface area contributed by atoms with Gasteiger partial charge >= 0.3 is 0 Å². The molecule has 0 saturated heterocycles. The molecule has 0 N–H and O–H groups in total. The molecule has 1 heterocycles. The number of rotatable bonds is 1. The van der Waals surface area contributed by atoms with Crippen molar-refractivity contribution >= 4 is 34.9 Å². The monoisotopic (exact) mass is 221 g/mol. The number of hydrogen-bond donors (Lipinski definition) is 0. The summed E-state index contributed by atoms with van der Waals surface area (Å²) in [6, 6.07) is 16.0. The van der Waals surface area contributed by atoms with Crippen LogP contribution in [0.4, 0.5) is 0 Å². The third-order valence-electron chi connectivity index (χ3n) is 2.45. The second-order valence-electron chi connectivity index (χ2n) is 3.61. The first-order chi connectivity index (χ1) is 7.83. The standard InChI is InChI=1S/C13H8BNS/c14-10-7-5-9(6-8-10)13-15-11-3-1-2-4-12(11)16-13/h1-8H. The van der Waals surface area contributed by atoms with Crippen molar-refractivity contribution < 1.29 is 0 Å². The average Bonchev–Trinajstić information content (AvgIpc) is 2.73. The molecule has 0 amide bonds. The van der Waals surface area contributed by atoms with E-state index in [0.717, 1.165) is 21.6 Å². The number of para-hydroxylation sites is 1. The fourth-order valence-corrected chi connectivity index (χ4v) is 2.59. The topological polar surface area (TPSA) is 12.9 Å². The van der Waals surface area contributed by atoms with E-state index < -0.39 is 0 Å². The Kier molecular flexibility index (Phi) is 2.26. The Bertz CT molecular complexity index is 595. The summed E-state index contributed by atoms with van der Waals surface area (Å²) < 4.78 is 1.22. The maximum Gasteiger partial charge on any atom is 0.124 e. The van der Waals surface area contributed by atoms with Crippen molar-refractivity contribution in [3.63, 3.8) is 0 Å². The highest BCUT2D eigenvalue weighted by molar-refractivity contribution is 7.21. The Labute approximate surface area is 99.2 Å². The quantitative estimate of drug-likeness (QED) is 0.576. The molecular weight excluding hydrogens is 213 g/mol. The van der Waals surface area contributed by atoms with Crippen LogP contribution in [0.5, 0.6) is 0 Å². The first-order valence-electron chi connectivity index (χ1n) is 5.04. The summed E-state index contributed by atoms with van der Waals surface area (Å²) in [6.45, 7) is 0. The van der Waals surface area contributed by atoms with Crippen LogP contribution < -0.4 is 5.46 Å². The lowest BCUT2D eigenvalue weighted by molar-refractivity contribution is 1.48. The smallest absolute Gasteiger partial charge is 0.124 e. The molecule has 0 saturated carbocycles. The highest BCUT2D eigenvalue weighted by atomic mass is 32.1. The Morgan fingerprint density at radius 1 is 0.938 bits per heavy atom. The number of thiazole rings is 1. The number of nitrogens with zero attached hydrogens (tertiary/aromatic N) is 1. The predicted octanol–water partition coefficient (Wildman–Crippen LogP) is 2.76. The highest BCUT2D eigenvalue weighted by Gasteiger charge is 2.04. The van der Waals surface area contributed by atoms with Gasteiger partial charge in [-0.05, 0) is 12.1 Å². The van der Waals surface area contributed by atoms with Gasteiger partial charge in [0.1, 0.15) is 12.9 Å². The van der Waals surface area contributed by atoms with Gasteiger partial charge in [0.15, 0.2) is 0 Å². The lowest BCUT2D eigenvalue weighted by Crippen LogP contribution is -1.98. The summed E-state index contributed by atoms with van der Waals surface area (Å²) >= 11 is 1.70. The molecule has 0 spiro atoms. The number of aromatic nitrogens is 1. The van der Waals surface area contributed by atoms with E-state index >= 15 is 0 Å².